The van der Waals surface area contributed by atoms with Crippen LogP contribution < -0.4 is 4.90 Å². The number of para-hydroxylation sites is 1. The van der Waals surface area contributed by atoms with Gasteiger partial charge in [0, 0.05) is 25.3 Å². The Hall–Kier alpha value is -2.17. The summed E-state index contributed by atoms with van der Waals surface area (Å²) >= 11 is 0. The number of benzene rings is 1. The number of hydrogen-bond donors (Lipinski definition) is 0. The van der Waals surface area contributed by atoms with Crippen LogP contribution in [-0.4, -0.2) is 48.7 Å². The molecule has 2 fully saturated rings. The van der Waals surface area contributed by atoms with E-state index in [0.717, 1.165) is 44.6 Å². The van der Waals surface area contributed by atoms with Gasteiger partial charge in [-0.25, -0.2) is 0 Å². The number of likely N-dealkylation sites (tertiary alicyclic amines) is 1. The summed E-state index contributed by atoms with van der Waals surface area (Å²) in [6.45, 7) is 13.1. The molecule has 0 N–H and O–H groups in total. The van der Waals surface area contributed by atoms with Gasteiger partial charge in [-0.2, -0.15) is 0 Å². The molecule has 0 aliphatic carbocycles. The van der Waals surface area contributed by atoms with E-state index in [2.05, 4.69) is 18.1 Å². The maximum Gasteiger partial charge on any atom is 0.255 e. The summed E-state index contributed by atoms with van der Waals surface area (Å²) in [6.07, 6.45) is 8.22. The predicted octanol–water partition coefficient (Wildman–Crippen LogP) is 3.96. The van der Waals surface area contributed by atoms with E-state index < -0.39 is 6.10 Å². The minimum absolute atomic E-state index is 0.0550. The number of carbonyl (C=O) groups excluding carboxylic acids is 1. The van der Waals surface area contributed by atoms with Crippen molar-refractivity contribution in [2.24, 2.45) is 0 Å². The summed E-state index contributed by atoms with van der Waals surface area (Å²) in [5.41, 5.74) is 1.94. The van der Waals surface area contributed by atoms with Crippen LogP contribution in [0.1, 0.15) is 26.2 Å². The molecule has 1 aromatic rings. The minimum Gasteiger partial charge on any atom is -0.360 e. The van der Waals surface area contributed by atoms with Crippen molar-refractivity contribution < 1.29 is 9.53 Å². The molecule has 4 heteroatoms. The lowest BCUT2D eigenvalue weighted by atomic mass is 9.88. The van der Waals surface area contributed by atoms with Crippen molar-refractivity contribution in [1.29, 1.82) is 0 Å². The molecule has 1 atom stereocenters. The van der Waals surface area contributed by atoms with E-state index in [0.29, 0.717) is 6.54 Å². The van der Waals surface area contributed by atoms with Gasteiger partial charge in [-0.3, -0.25) is 4.79 Å². The van der Waals surface area contributed by atoms with Crippen molar-refractivity contribution in [3.8, 4) is 0 Å². The van der Waals surface area contributed by atoms with Crippen LogP contribution in [0.3, 0.4) is 0 Å². The first-order chi connectivity index (χ1) is 13.1. The highest BCUT2D eigenvalue weighted by molar-refractivity contribution is 5.97. The number of morpholine rings is 1. The van der Waals surface area contributed by atoms with E-state index in [1.54, 1.807) is 0 Å². The fourth-order valence-corrected chi connectivity index (χ4v) is 4.03. The fraction of sp³-hybridized carbons (Fsp3) is 0.435. The number of carbonyl (C=O) groups is 1. The first-order valence-corrected chi connectivity index (χ1v) is 9.77. The lowest BCUT2D eigenvalue weighted by molar-refractivity contribution is -0.161. The van der Waals surface area contributed by atoms with Gasteiger partial charge in [0.05, 0.1) is 12.1 Å². The van der Waals surface area contributed by atoms with Gasteiger partial charge in [-0.15, -0.1) is 0 Å². The van der Waals surface area contributed by atoms with Crippen LogP contribution >= 0.6 is 0 Å². The summed E-state index contributed by atoms with van der Waals surface area (Å²) in [4.78, 5) is 17.0. The summed E-state index contributed by atoms with van der Waals surface area (Å²) in [6, 6.07) is 9.94. The Morgan fingerprint density at radius 3 is 2.59 bits per heavy atom. The molecule has 144 valence electrons. The zero-order chi connectivity index (χ0) is 19.3. The van der Waals surface area contributed by atoms with Crippen molar-refractivity contribution in [1.82, 2.24) is 4.90 Å². The third kappa shape index (κ3) is 4.57. The van der Waals surface area contributed by atoms with E-state index in [-0.39, 0.29) is 11.5 Å². The summed E-state index contributed by atoms with van der Waals surface area (Å²) < 4.78 is 6.25. The molecule has 2 aliphatic rings. The van der Waals surface area contributed by atoms with Gasteiger partial charge in [0.1, 0.15) is 6.10 Å². The maximum absolute atomic E-state index is 12.7. The molecule has 2 heterocycles. The molecule has 1 aromatic carbocycles. The van der Waals surface area contributed by atoms with Gasteiger partial charge in [-0.05, 0) is 43.9 Å². The van der Waals surface area contributed by atoms with E-state index in [1.165, 1.54) is 5.57 Å². The molecule has 27 heavy (non-hydrogen) atoms. The molecular weight excluding hydrogens is 336 g/mol. The Kier molecular flexibility index (Phi) is 6.30. The van der Waals surface area contributed by atoms with E-state index in [1.807, 2.05) is 60.4 Å². The van der Waals surface area contributed by atoms with Gasteiger partial charge in [0.15, 0.2) is 0 Å². The summed E-state index contributed by atoms with van der Waals surface area (Å²) in [7, 11) is 0. The second-order valence-electron chi connectivity index (χ2n) is 7.48. The van der Waals surface area contributed by atoms with Crippen LogP contribution in [0.5, 0.6) is 0 Å². The highest BCUT2D eigenvalue weighted by Crippen LogP contribution is 2.35. The lowest BCUT2D eigenvalue weighted by Crippen LogP contribution is -2.61. The van der Waals surface area contributed by atoms with E-state index in [9.17, 15) is 4.79 Å². The molecule has 1 unspecified atom stereocenters. The number of rotatable bonds is 6. The molecular formula is C23H30N2O2. The average Bonchev–Trinajstić information content (AvgIpc) is 2.70. The Labute approximate surface area is 162 Å². The topological polar surface area (TPSA) is 32.8 Å². The Bertz CT molecular complexity index is 702. The zero-order valence-corrected chi connectivity index (χ0v) is 16.3. The van der Waals surface area contributed by atoms with Gasteiger partial charge < -0.3 is 14.5 Å². The molecule has 2 saturated heterocycles. The number of anilines is 1. The number of allylic oxidation sites excluding steroid dienone is 3. The second kappa shape index (κ2) is 8.68. The molecule has 0 radical (unpaired) electrons. The third-order valence-electron chi connectivity index (χ3n) is 5.63. The molecule has 0 saturated carbocycles. The van der Waals surface area contributed by atoms with E-state index >= 15 is 0 Å². The smallest absolute Gasteiger partial charge is 0.255 e. The summed E-state index contributed by atoms with van der Waals surface area (Å²) in [5.74, 6) is 0.0550. The Morgan fingerprint density at radius 2 is 1.96 bits per heavy atom. The first-order valence-electron chi connectivity index (χ1n) is 9.77. The minimum atomic E-state index is -0.395. The standard InChI is InChI=1S/C23H30N2O2/c1-4-9-20(5-2)12-15-24-16-13-23(14-17-24)18-25(22(26)19(3)27-23)21-10-7-6-8-11-21/h4-11,19H,1-2,12-18H2,3H3/b20-9+. The maximum atomic E-state index is 12.7. The molecule has 2 aliphatic heterocycles. The molecule has 0 aromatic heterocycles. The Balaban J connectivity index is 1.62. The van der Waals surface area contributed by atoms with Crippen molar-refractivity contribution in [3.05, 3.63) is 67.3 Å². The van der Waals surface area contributed by atoms with Crippen molar-refractivity contribution in [2.45, 2.75) is 37.9 Å². The number of nitrogens with zero attached hydrogens (tertiary/aromatic N) is 2. The third-order valence-corrected chi connectivity index (χ3v) is 5.63. The van der Waals surface area contributed by atoms with Crippen LogP contribution in [0.15, 0.2) is 67.3 Å². The normalized spacial score (nSPS) is 23.4. The van der Waals surface area contributed by atoms with Crippen LogP contribution in [-0.2, 0) is 9.53 Å². The largest absolute Gasteiger partial charge is 0.360 e. The number of hydrogen-bond acceptors (Lipinski definition) is 3. The number of amides is 1. The lowest BCUT2D eigenvalue weighted by Gasteiger charge is -2.49. The highest BCUT2D eigenvalue weighted by atomic mass is 16.5. The van der Waals surface area contributed by atoms with Gasteiger partial charge in [-0.1, -0.05) is 49.6 Å². The second-order valence-corrected chi connectivity index (χ2v) is 7.48. The molecule has 4 nitrogen and oxygen atoms in total. The molecule has 1 spiro atoms. The van der Waals surface area contributed by atoms with Crippen LogP contribution in [0.4, 0.5) is 5.69 Å². The molecule has 1 amide bonds. The zero-order valence-electron chi connectivity index (χ0n) is 16.3. The van der Waals surface area contributed by atoms with Gasteiger partial charge in [0.25, 0.3) is 5.91 Å². The van der Waals surface area contributed by atoms with E-state index in [4.69, 9.17) is 4.74 Å². The van der Waals surface area contributed by atoms with Crippen LogP contribution in [0.25, 0.3) is 0 Å². The predicted molar refractivity (Wildman–Crippen MR) is 111 cm³/mol. The fourth-order valence-electron chi connectivity index (χ4n) is 4.03. The monoisotopic (exact) mass is 366 g/mol. The summed E-state index contributed by atoms with van der Waals surface area (Å²) in [5, 5.41) is 0. The number of piperidine rings is 1. The van der Waals surface area contributed by atoms with Crippen molar-refractivity contribution >= 4 is 11.6 Å². The SMILES string of the molecule is C=C/C=C(\C=C)CCN1CCC2(CC1)CN(c1ccccc1)C(=O)C(C)O2. The van der Waals surface area contributed by atoms with Crippen molar-refractivity contribution in [2.75, 3.05) is 31.1 Å². The van der Waals surface area contributed by atoms with Gasteiger partial charge in [0.2, 0.25) is 0 Å². The van der Waals surface area contributed by atoms with Gasteiger partial charge >= 0.3 is 0 Å². The number of ether oxygens (including phenoxy) is 1. The molecule has 0 bridgehead atoms. The average molecular weight is 367 g/mol. The first kappa shape index (κ1) is 19.6. The molecule has 3 rings (SSSR count). The Morgan fingerprint density at radius 1 is 1.26 bits per heavy atom. The highest BCUT2D eigenvalue weighted by Gasteiger charge is 2.45. The van der Waals surface area contributed by atoms with Crippen molar-refractivity contribution in [3.63, 3.8) is 0 Å². The quantitative estimate of drug-likeness (QED) is 0.715. The van der Waals surface area contributed by atoms with Crippen LogP contribution in [0.2, 0.25) is 0 Å². The van der Waals surface area contributed by atoms with Crippen LogP contribution in [0, 0.1) is 0 Å².